The highest BCUT2D eigenvalue weighted by atomic mass is 16.5. The average molecular weight is 284 g/mol. The van der Waals surface area contributed by atoms with Crippen molar-refractivity contribution in [2.75, 3.05) is 0 Å². The largest absolute Gasteiger partial charge is 0.487 e. The smallest absolute Gasteiger partial charge is 0.138 e. The van der Waals surface area contributed by atoms with Crippen LogP contribution >= 0.6 is 0 Å². The standard InChI is InChI=1S/C18H24N2O/c1-13(2)16-6-4-15(5-7-16)12-21-18-9-8-17(20-11-18)10-14(3)19/h4-9,11,13-14H,10,12,19H2,1-3H3. The van der Waals surface area contributed by atoms with Crippen molar-refractivity contribution in [3.63, 3.8) is 0 Å². The zero-order chi connectivity index (χ0) is 15.2. The summed E-state index contributed by atoms with van der Waals surface area (Å²) in [5, 5.41) is 0. The highest BCUT2D eigenvalue weighted by molar-refractivity contribution is 5.25. The fourth-order valence-electron chi connectivity index (χ4n) is 2.11. The summed E-state index contributed by atoms with van der Waals surface area (Å²) >= 11 is 0. The summed E-state index contributed by atoms with van der Waals surface area (Å²) in [4.78, 5) is 4.36. The van der Waals surface area contributed by atoms with Gasteiger partial charge in [0.15, 0.2) is 0 Å². The number of aromatic nitrogens is 1. The molecule has 1 aromatic carbocycles. The summed E-state index contributed by atoms with van der Waals surface area (Å²) in [5.41, 5.74) is 9.27. The molecule has 0 radical (unpaired) electrons. The normalized spacial score (nSPS) is 12.4. The minimum atomic E-state index is 0.128. The van der Waals surface area contributed by atoms with Crippen molar-refractivity contribution in [1.82, 2.24) is 4.98 Å². The number of benzene rings is 1. The van der Waals surface area contributed by atoms with Gasteiger partial charge < -0.3 is 10.5 Å². The molecule has 1 aromatic heterocycles. The Kier molecular flexibility index (Phi) is 5.34. The molecule has 1 heterocycles. The van der Waals surface area contributed by atoms with Crippen molar-refractivity contribution < 1.29 is 4.74 Å². The molecule has 2 N–H and O–H groups in total. The first kappa shape index (κ1) is 15.5. The highest BCUT2D eigenvalue weighted by Crippen LogP contribution is 2.16. The molecule has 3 nitrogen and oxygen atoms in total. The molecular formula is C18H24N2O. The summed E-state index contributed by atoms with van der Waals surface area (Å²) in [6.45, 7) is 6.93. The summed E-state index contributed by atoms with van der Waals surface area (Å²) in [7, 11) is 0. The number of ether oxygens (including phenoxy) is 1. The third kappa shape index (κ3) is 4.87. The Labute approximate surface area is 127 Å². The van der Waals surface area contributed by atoms with Crippen LogP contribution in [-0.2, 0) is 13.0 Å². The Morgan fingerprint density at radius 3 is 2.29 bits per heavy atom. The van der Waals surface area contributed by atoms with E-state index in [4.69, 9.17) is 10.5 Å². The first-order valence-corrected chi connectivity index (χ1v) is 7.46. The first-order chi connectivity index (χ1) is 10.0. The number of nitrogens with two attached hydrogens (primary N) is 1. The van der Waals surface area contributed by atoms with E-state index >= 15 is 0 Å². The van der Waals surface area contributed by atoms with Gasteiger partial charge in [-0.05, 0) is 36.1 Å². The van der Waals surface area contributed by atoms with Crippen LogP contribution in [0.25, 0.3) is 0 Å². The Hall–Kier alpha value is -1.87. The molecule has 1 atom stereocenters. The third-order valence-electron chi connectivity index (χ3n) is 3.38. The van der Waals surface area contributed by atoms with Gasteiger partial charge in [-0.15, -0.1) is 0 Å². The lowest BCUT2D eigenvalue weighted by molar-refractivity contribution is 0.304. The molecule has 2 rings (SSSR count). The van der Waals surface area contributed by atoms with E-state index in [0.29, 0.717) is 12.5 Å². The minimum absolute atomic E-state index is 0.128. The molecule has 0 saturated heterocycles. The fraction of sp³-hybridized carbons (Fsp3) is 0.389. The molecule has 0 saturated carbocycles. The van der Waals surface area contributed by atoms with Crippen molar-refractivity contribution in [2.24, 2.45) is 5.73 Å². The van der Waals surface area contributed by atoms with Gasteiger partial charge in [0, 0.05) is 18.2 Å². The Morgan fingerprint density at radius 2 is 1.76 bits per heavy atom. The Balaban J connectivity index is 1.90. The molecule has 0 aliphatic heterocycles. The maximum Gasteiger partial charge on any atom is 0.138 e. The van der Waals surface area contributed by atoms with Crippen LogP contribution in [-0.4, -0.2) is 11.0 Å². The topological polar surface area (TPSA) is 48.1 Å². The minimum Gasteiger partial charge on any atom is -0.487 e. The molecule has 0 spiro atoms. The van der Waals surface area contributed by atoms with Crippen molar-refractivity contribution in [2.45, 2.75) is 45.8 Å². The number of hydrogen-bond acceptors (Lipinski definition) is 3. The third-order valence-corrected chi connectivity index (χ3v) is 3.38. The Morgan fingerprint density at radius 1 is 1.05 bits per heavy atom. The van der Waals surface area contributed by atoms with Gasteiger partial charge in [-0.1, -0.05) is 38.1 Å². The van der Waals surface area contributed by atoms with Crippen LogP contribution in [0.3, 0.4) is 0 Å². The van der Waals surface area contributed by atoms with E-state index in [9.17, 15) is 0 Å². The summed E-state index contributed by atoms with van der Waals surface area (Å²) in [5.74, 6) is 1.35. The fourth-order valence-corrected chi connectivity index (χ4v) is 2.11. The van der Waals surface area contributed by atoms with Crippen molar-refractivity contribution >= 4 is 0 Å². The summed E-state index contributed by atoms with van der Waals surface area (Å²) < 4.78 is 5.76. The van der Waals surface area contributed by atoms with Gasteiger partial charge in [-0.2, -0.15) is 0 Å². The number of nitrogens with zero attached hydrogens (tertiary/aromatic N) is 1. The molecule has 0 aliphatic rings. The lowest BCUT2D eigenvalue weighted by atomic mass is 10.0. The van der Waals surface area contributed by atoms with Gasteiger partial charge in [-0.25, -0.2) is 0 Å². The van der Waals surface area contributed by atoms with E-state index in [1.807, 2.05) is 19.1 Å². The van der Waals surface area contributed by atoms with Gasteiger partial charge in [0.25, 0.3) is 0 Å². The van der Waals surface area contributed by atoms with Crippen LogP contribution in [0.15, 0.2) is 42.6 Å². The monoisotopic (exact) mass is 284 g/mol. The van der Waals surface area contributed by atoms with Crippen LogP contribution in [0.4, 0.5) is 0 Å². The molecule has 0 bridgehead atoms. The molecule has 0 amide bonds. The van der Waals surface area contributed by atoms with Crippen LogP contribution in [0.5, 0.6) is 5.75 Å². The van der Waals surface area contributed by atoms with E-state index in [0.717, 1.165) is 17.9 Å². The van der Waals surface area contributed by atoms with Gasteiger partial charge in [0.05, 0.1) is 6.20 Å². The molecule has 112 valence electrons. The van der Waals surface area contributed by atoms with E-state index in [1.54, 1.807) is 6.20 Å². The lowest BCUT2D eigenvalue weighted by Crippen LogP contribution is -2.18. The zero-order valence-corrected chi connectivity index (χ0v) is 13.0. The number of rotatable bonds is 6. The first-order valence-electron chi connectivity index (χ1n) is 7.46. The van der Waals surface area contributed by atoms with Gasteiger partial charge in [-0.3, -0.25) is 4.98 Å². The van der Waals surface area contributed by atoms with Crippen LogP contribution in [0, 0.1) is 0 Å². The second kappa shape index (κ2) is 7.23. The second-order valence-electron chi connectivity index (χ2n) is 5.85. The Bertz CT molecular complexity index is 544. The van der Waals surface area contributed by atoms with Gasteiger partial charge >= 0.3 is 0 Å². The van der Waals surface area contributed by atoms with Crippen LogP contribution in [0.2, 0.25) is 0 Å². The van der Waals surface area contributed by atoms with Gasteiger partial charge in [0.2, 0.25) is 0 Å². The molecule has 1 unspecified atom stereocenters. The van der Waals surface area contributed by atoms with E-state index in [2.05, 4.69) is 43.1 Å². The number of pyridine rings is 1. The van der Waals surface area contributed by atoms with Gasteiger partial charge in [0.1, 0.15) is 12.4 Å². The quantitative estimate of drug-likeness (QED) is 0.880. The predicted molar refractivity (Wildman–Crippen MR) is 86.5 cm³/mol. The highest BCUT2D eigenvalue weighted by Gasteiger charge is 2.02. The maximum atomic E-state index is 5.76. The summed E-state index contributed by atoms with van der Waals surface area (Å²) in [6.07, 6.45) is 2.55. The maximum absolute atomic E-state index is 5.76. The van der Waals surface area contributed by atoms with Crippen LogP contribution < -0.4 is 10.5 Å². The molecule has 21 heavy (non-hydrogen) atoms. The molecule has 0 aliphatic carbocycles. The van der Waals surface area contributed by atoms with Crippen LogP contribution in [0.1, 0.15) is 43.5 Å². The average Bonchev–Trinajstić information content (AvgIpc) is 2.46. The number of hydrogen-bond donors (Lipinski definition) is 1. The predicted octanol–water partition coefficient (Wildman–Crippen LogP) is 3.67. The van der Waals surface area contributed by atoms with E-state index in [-0.39, 0.29) is 6.04 Å². The second-order valence-corrected chi connectivity index (χ2v) is 5.85. The van der Waals surface area contributed by atoms with Crippen molar-refractivity contribution in [1.29, 1.82) is 0 Å². The lowest BCUT2D eigenvalue weighted by Gasteiger charge is -2.09. The van der Waals surface area contributed by atoms with E-state index < -0.39 is 0 Å². The van der Waals surface area contributed by atoms with Crippen molar-refractivity contribution in [3.05, 3.63) is 59.4 Å². The molecule has 0 fully saturated rings. The molecule has 3 heteroatoms. The molecular weight excluding hydrogens is 260 g/mol. The zero-order valence-electron chi connectivity index (χ0n) is 13.0. The van der Waals surface area contributed by atoms with Crippen molar-refractivity contribution in [3.8, 4) is 5.75 Å². The summed E-state index contributed by atoms with van der Waals surface area (Å²) in [6, 6.07) is 12.6. The molecule has 2 aromatic rings. The SMILES string of the molecule is CC(N)Cc1ccc(OCc2ccc(C(C)C)cc2)cn1. The van der Waals surface area contributed by atoms with E-state index in [1.165, 1.54) is 11.1 Å².